The van der Waals surface area contributed by atoms with Gasteiger partial charge in [-0.05, 0) is 35.9 Å². The summed E-state index contributed by atoms with van der Waals surface area (Å²) in [7, 11) is 0. The maximum Gasteiger partial charge on any atom is 0.270 e. The fourth-order valence-electron chi connectivity index (χ4n) is 1.56. The van der Waals surface area contributed by atoms with Crippen LogP contribution in [0.5, 0.6) is 0 Å². The SMILES string of the molecule is O=[N+]([O-])c1ccc(CNc2ccc(Cl)cc2)c(Cl)c1. The van der Waals surface area contributed by atoms with Gasteiger partial charge in [0.2, 0.25) is 0 Å². The Morgan fingerprint density at radius 3 is 2.37 bits per heavy atom. The zero-order valence-corrected chi connectivity index (χ0v) is 11.3. The second kappa shape index (κ2) is 5.91. The molecule has 0 aliphatic rings. The average molecular weight is 297 g/mol. The number of nitrogens with one attached hydrogen (secondary N) is 1. The van der Waals surface area contributed by atoms with Crippen LogP contribution < -0.4 is 5.32 Å². The molecule has 1 N–H and O–H groups in total. The Balaban J connectivity index is 2.07. The number of nitro groups is 1. The van der Waals surface area contributed by atoms with Crippen LogP contribution in [0.2, 0.25) is 10.0 Å². The molecular formula is C13H10Cl2N2O2. The molecule has 2 aromatic rings. The van der Waals surface area contributed by atoms with Crippen molar-refractivity contribution >= 4 is 34.6 Å². The minimum atomic E-state index is -0.470. The Morgan fingerprint density at radius 1 is 1.11 bits per heavy atom. The highest BCUT2D eigenvalue weighted by atomic mass is 35.5. The predicted octanol–water partition coefficient (Wildman–Crippen LogP) is 4.51. The number of nitro benzene ring substituents is 1. The molecule has 2 rings (SSSR count). The van der Waals surface area contributed by atoms with Gasteiger partial charge in [-0.2, -0.15) is 0 Å². The summed E-state index contributed by atoms with van der Waals surface area (Å²) in [5.41, 5.74) is 1.68. The fraction of sp³-hybridized carbons (Fsp3) is 0.0769. The molecule has 0 aliphatic heterocycles. The van der Waals surface area contributed by atoms with Crippen molar-refractivity contribution in [1.82, 2.24) is 0 Å². The summed E-state index contributed by atoms with van der Waals surface area (Å²) < 4.78 is 0. The molecule has 0 amide bonds. The van der Waals surface area contributed by atoms with Gasteiger partial charge in [-0.25, -0.2) is 0 Å². The van der Waals surface area contributed by atoms with Crippen LogP contribution in [-0.4, -0.2) is 4.92 Å². The summed E-state index contributed by atoms with van der Waals surface area (Å²) in [5, 5.41) is 14.8. The van der Waals surface area contributed by atoms with Crippen LogP contribution >= 0.6 is 23.2 Å². The van der Waals surface area contributed by atoms with Crippen molar-refractivity contribution in [2.45, 2.75) is 6.54 Å². The Hall–Kier alpha value is -1.78. The van der Waals surface area contributed by atoms with E-state index < -0.39 is 4.92 Å². The highest BCUT2D eigenvalue weighted by Crippen LogP contribution is 2.23. The van der Waals surface area contributed by atoms with Gasteiger partial charge in [0.1, 0.15) is 0 Å². The maximum atomic E-state index is 10.6. The molecule has 0 saturated heterocycles. The topological polar surface area (TPSA) is 55.2 Å². The largest absolute Gasteiger partial charge is 0.381 e. The van der Waals surface area contributed by atoms with Crippen molar-refractivity contribution < 1.29 is 4.92 Å². The van der Waals surface area contributed by atoms with Crippen molar-refractivity contribution in [2.75, 3.05) is 5.32 Å². The Labute approximate surface area is 120 Å². The van der Waals surface area contributed by atoms with Gasteiger partial charge in [0.25, 0.3) is 5.69 Å². The van der Waals surface area contributed by atoms with Crippen molar-refractivity contribution in [1.29, 1.82) is 0 Å². The van der Waals surface area contributed by atoms with Crippen LogP contribution in [-0.2, 0) is 6.54 Å². The van der Waals surface area contributed by atoms with Crippen molar-refractivity contribution in [3.63, 3.8) is 0 Å². The van der Waals surface area contributed by atoms with E-state index in [0.29, 0.717) is 16.6 Å². The van der Waals surface area contributed by atoms with Crippen LogP contribution in [0.15, 0.2) is 42.5 Å². The van der Waals surface area contributed by atoms with E-state index in [2.05, 4.69) is 5.32 Å². The molecule has 0 saturated carbocycles. The average Bonchev–Trinajstić information content (AvgIpc) is 2.39. The molecule has 0 heterocycles. The molecule has 0 bridgehead atoms. The molecule has 4 nitrogen and oxygen atoms in total. The van der Waals surface area contributed by atoms with Crippen LogP contribution in [0, 0.1) is 10.1 Å². The van der Waals surface area contributed by atoms with Crippen LogP contribution in [0.3, 0.4) is 0 Å². The molecule has 0 aliphatic carbocycles. The lowest BCUT2D eigenvalue weighted by Crippen LogP contribution is -2.00. The lowest BCUT2D eigenvalue weighted by molar-refractivity contribution is -0.384. The van der Waals surface area contributed by atoms with Crippen LogP contribution in [0.4, 0.5) is 11.4 Å². The smallest absolute Gasteiger partial charge is 0.270 e. The second-order valence-corrected chi connectivity index (χ2v) is 4.74. The van der Waals surface area contributed by atoms with E-state index >= 15 is 0 Å². The summed E-state index contributed by atoms with van der Waals surface area (Å²) in [5.74, 6) is 0. The number of rotatable bonds is 4. The molecule has 0 fully saturated rings. The molecule has 0 unspecified atom stereocenters. The summed E-state index contributed by atoms with van der Waals surface area (Å²) in [4.78, 5) is 10.1. The van der Waals surface area contributed by atoms with Gasteiger partial charge in [-0.1, -0.05) is 23.2 Å². The van der Waals surface area contributed by atoms with Crippen LogP contribution in [0.1, 0.15) is 5.56 Å². The van der Waals surface area contributed by atoms with Crippen LogP contribution in [0.25, 0.3) is 0 Å². The monoisotopic (exact) mass is 296 g/mol. The normalized spacial score (nSPS) is 10.2. The number of hydrogen-bond acceptors (Lipinski definition) is 3. The van der Waals surface area contributed by atoms with Gasteiger partial charge < -0.3 is 5.32 Å². The third-order valence-electron chi connectivity index (χ3n) is 2.57. The number of nitrogens with zero attached hydrogens (tertiary/aromatic N) is 1. The van der Waals surface area contributed by atoms with Gasteiger partial charge in [-0.3, -0.25) is 10.1 Å². The minimum Gasteiger partial charge on any atom is -0.381 e. The van der Waals surface area contributed by atoms with Crippen molar-refractivity contribution in [3.8, 4) is 0 Å². The van der Waals surface area contributed by atoms with E-state index in [1.54, 1.807) is 18.2 Å². The zero-order chi connectivity index (χ0) is 13.8. The number of anilines is 1. The Bertz CT molecular complexity index is 600. The Kier molecular flexibility index (Phi) is 4.24. The molecule has 19 heavy (non-hydrogen) atoms. The number of hydrogen-bond donors (Lipinski definition) is 1. The van der Waals surface area contributed by atoms with Crippen molar-refractivity contribution in [2.24, 2.45) is 0 Å². The quantitative estimate of drug-likeness (QED) is 0.667. The van der Waals surface area contributed by atoms with Gasteiger partial charge in [0.05, 0.1) is 9.95 Å². The number of benzene rings is 2. The molecule has 0 spiro atoms. The first-order valence-electron chi connectivity index (χ1n) is 5.48. The molecule has 2 aromatic carbocycles. The second-order valence-electron chi connectivity index (χ2n) is 3.89. The first-order chi connectivity index (χ1) is 9.06. The summed E-state index contributed by atoms with van der Waals surface area (Å²) in [6.45, 7) is 0.485. The lowest BCUT2D eigenvalue weighted by atomic mass is 10.2. The van der Waals surface area contributed by atoms with Gasteiger partial charge in [-0.15, -0.1) is 0 Å². The minimum absolute atomic E-state index is 0.0137. The first-order valence-corrected chi connectivity index (χ1v) is 6.24. The molecule has 0 aromatic heterocycles. The van der Waals surface area contributed by atoms with Gasteiger partial charge in [0.15, 0.2) is 0 Å². The van der Waals surface area contributed by atoms with Crippen molar-refractivity contribution in [3.05, 3.63) is 68.2 Å². The third kappa shape index (κ3) is 3.59. The molecular weight excluding hydrogens is 287 g/mol. The third-order valence-corrected chi connectivity index (χ3v) is 3.18. The maximum absolute atomic E-state index is 10.6. The van der Waals surface area contributed by atoms with Gasteiger partial charge >= 0.3 is 0 Å². The summed E-state index contributed by atoms with van der Waals surface area (Å²) >= 11 is 11.8. The van der Waals surface area contributed by atoms with E-state index in [4.69, 9.17) is 23.2 Å². The summed E-state index contributed by atoms with van der Waals surface area (Å²) in [6.07, 6.45) is 0. The predicted molar refractivity (Wildman–Crippen MR) is 76.9 cm³/mol. The highest BCUT2D eigenvalue weighted by Gasteiger charge is 2.09. The standard InChI is InChI=1S/C13H10Cl2N2O2/c14-10-2-4-11(5-3-10)16-8-9-1-6-12(17(18)19)7-13(9)15/h1-7,16H,8H2. The molecule has 0 radical (unpaired) electrons. The number of halogens is 2. The van der Waals surface area contributed by atoms with E-state index in [0.717, 1.165) is 11.3 Å². The van der Waals surface area contributed by atoms with E-state index in [9.17, 15) is 10.1 Å². The van der Waals surface area contributed by atoms with E-state index in [1.807, 2.05) is 12.1 Å². The summed E-state index contributed by atoms with van der Waals surface area (Å²) in [6, 6.07) is 11.7. The fourth-order valence-corrected chi connectivity index (χ4v) is 1.93. The highest BCUT2D eigenvalue weighted by molar-refractivity contribution is 6.31. The van der Waals surface area contributed by atoms with E-state index in [1.165, 1.54) is 12.1 Å². The molecule has 6 heteroatoms. The first kappa shape index (κ1) is 13.6. The van der Waals surface area contributed by atoms with Gasteiger partial charge in [0, 0.05) is 29.4 Å². The number of non-ortho nitro benzene ring substituents is 1. The Morgan fingerprint density at radius 2 is 1.79 bits per heavy atom. The molecule has 0 atom stereocenters. The lowest BCUT2D eigenvalue weighted by Gasteiger charge is -2.08. The molecule has 98 valence electrons. The van der Waals surface area contributed by atoms with E-state index in [-0.39, 0.29) is 5.69 Å². The zero-order valence-electron chi connectivity index (χ0n) is 9.77.